The van der Waals surface area contributed by atoms with Gasteiger partial charge in [0.05, 0.1) is 6.10 Å². The lowest BCUT2D eigenvalue weighted by atomic mass is 10.1. The van der Waals surface area contributed by atoms with Gasteiger partial charge in [-0.05, 0) is 19.1 Å². The number of hydrogen-bond donors (Lipinski definition) is 1. The minimum absolute atomic E-state index is 0.118. The van der Waals surface area contributed by atoms with Crippen molar-refractivity contribution in [3.63, 3.8) is 0 Å². The van der Waals surface area contributed by atoms with Gasteiger partial charge < -0.3 is 9.84 Å². The van der Waals surface area contributed by atoms with E-state index in [1.54, 1.807) is 6.07 Å². The van der Waals surface area contributed by atoms with Gasteiger partial charge in [0.15, 0.2) is 6.61 Å². The molecule has 0 heterocycles. The number of halogens is 1. The lowest BCUT2D eigenvalue weighted by molar-refractivity contribution is 0.194. The van der Waals surface area contributed by atoms with E-state index in [1.807, 2.05) is 0 Å². The molecule has 0 aliphatic rings. The molecule has 14 heavy (non-hydrogen) atoms. The molecular weight excluding hydrogens is 185 g/mol. The molecule has 0 radical (unpaired) electrons. The largest absolute Gasteiger partial charge is 0.479 e. The van der Waals surface area contributed by atoms with Gasteiger partial charge in [0.25, 0.3) is 0 Å². The molecule has 0 saturated carbocycles. The highest BCUT2D eigenvalue weighted by molar-refractivity contribution is 5.30. The van der Waals surface area contributed by atoms with E-state index in [0.717, 1.165) is 6.07 Å². The Balaban J connectivity index is 2.85. The summed E-state index contributed by atoms with van der Waals surface area (Å²) in [4.78, 5) is 0. The van der Waals surface area contributed by atoms with E-state index in [4.69, 9.17) is 15.1 Å². The third-order valence-electron chi connectivity index (χ3n) is 1.73. The van der Waals surface area contributed by atoms with E-state index in [0.29, 0.717) is 0 Å². The molecule has 0 aromatic heterocycles. The van der Waals surface area contributed by atoms with Crippen LogP contribution in [0.15, 0.2) is 18.2 Å². The van der Waals surface area contributed by atoms with Crippen LogP contribution in [0.2, 0.25) is 0 Å². The van der Waals surface area contributed by atoms with Crippen molar-refractivity contribution in [1.29, 1.82) is 5.26 Å². The summed E-state index contributed by atoms with van der Waals surface area (Å²) in [6.07, 6.45) is -0.847. The van der Waals surface area contributed by atoms with E-state index >= 15 is 0 Å². The normalized spacial score (nSPS) is 11.9. The lowest BCUT2D eigenvalue weighted by Gasteiger charge is -2.07. The topological polar surface area (TPSA) is 53.2 Å². The quantitative estimate of drug-likeness (QED) is 0.799. The highest BCUT2D eigenvalue weighted by Gasteiger charge is 2.08. The van der Waals surface area contributed by atoms with Gasteiger partial charge in [-0.25, -0.2) is 4.39 Å². The molecule has 0 bridgehead atoms. The Hall–Kier alpha value is -1.60. The molecule has 1 N–H and O–H groups in total. The summed E-state index contributed by atoms with van der Waals surface area (Å²) < 4.78 is 18.1. The third kappa shape index (κ3) is 2.44. The molecule has 0 unspecified atom stereocenters. The predicted molar refractivity (Wildman–Crippen MR) is 48.1 cm³/mol. The van der Waals surface area contributed by atoms with Gasteiger partial charge in [0.1, 0.15) is 17.6 Å². The number of hydrogen-bond acceptors (Lipinski definition) is 3. The zero-order chi connectivity index (χ0) is 10.6. The zero-order valence-electron chi connectivity index (χ0n) is 7.70. The van der Waals surface area contributed by atoms with Gasteiger partial charge in [-0.3, -0.25) is 0 Å². The van der Waals surface area contributed by atoms with Crippen LogP contribution in [-0.2, 0) is 0 Å². The molecule has 1 rings (SSSR count). The third-order valence-corrected chi connectivity index (χ3v) is 1.73. The second kappa shape index (κ2) is 4.58. The molecule has 0 aliphatic carbocycles. The molecule has 1 aromatic carbocycles. The Morgan fingerprint density at radius 3 is 2.86 bits per heavy atom. The Morgan fingerprint density at radius 2 is 2.36 bits per heavy atom. The summed E-state index contributed by atoms with van der Waals surface area (Å²) in [6, 6.07) is 5.88. The average molecular weight is 195 g/mol. The van der Waals surface area contributed by atoms with E-state index in [1.165, 1.54) is 19.1 Å². The number of rotatable bonds is 3. The number of nitrogens with zero attached hydrogens (tertiary/aromatic N) is 1. The van der Waals surface area contributed by atoms with Crippen LogP contribution < -0.4 is 4.74 Å². The molecule has 0 aliphatic heterocycles. The van der Waals surface area contributed by atoms with Crippen molar-refractivity contribution in [2.45, 2.75) is 13.0 Å². The predicted octanol–water partition coefficient (Wildman–Crippen LogP) is 1.78. The van der Waals surface area contributed by atoms with E-state index in [2.05, 4.69) is 0 Å². The van der Waals surface area contributed by atoms with Crippen LogP contribution in [0, 0.1) is 17.1 Å². The second-order valence-corrected chi connectivity index (χ2v) is 2.81. The monoisotopic (exact) mass is 195 g/mol. The summed E-state index contributed by atoms with van der Waals surface area (Å²) in [5, 5.41) is 17.4. The van der Waals surface area contributed by atoms with Crippen LogP contribution in [0.3, 0.4) is 0 Å². The Morgan fingerprint density at radius 1 is 1.64 bits per heavy atom. The van der Waals surface area contributed by atoms with Crippen LogP contribution in [0.5, 0.6) is 5.75 Å². The summed E-state index contributed by atoms with van der Waals surface area (Å²) in [6.45, 7) is 1.36. The fourth-order valence-corrected chi connectivity index (χ4v) is 1.05. The fraction of sp³-hybridized carbons (Fsp3) is 0.300. The molecule has 0 spiro atoms. The highest BCUT2D eigenvalue weighted by atomic mass is 19.1. The Bertz CT molecular complexity index is 358. The van der Waals surface area contributed by atoms with E-state index in [-0.39, 0.29) is 17.9 Å². The van der Waals surface area contributed by atoms with E-state index in [9.17, 15) is 4.39 Å². The maximum absolute atomic E-state index is 13.2. The fourth-order valence-electron chi connectivity index (χ4n) is 1.05. The summed E-state index contributed by atoms with van der Waals surface area (Å²) in [5.74, 6) is -0.246. The first-order valence-electron chi connectivity index (χ1n) is 4.12. The maximum Gasteiger partial charge on any atom is 0.174 e. The number of ether oxygens (including phenoxy) is 1. The van der Waals surface area contributed by atoms with Gasteiger partial charge in [-0.15, -0.1) is 0 Å². The van der Waals surface area contributed by atoms with Gasteiger partial charge >= 0.3 is 0 Å². The van der Waals surface area contributed by atoms with Gasteiger partial charge in [0, 0.05) is 11.6 Å². The Labute approximate surface area is 81.4 Å². The van der Waals surface area contributed by atoms with Crippen LogP contribution in [-0.4, -0.2) is 11.7 Å². The van der Waals surface area contributed by atoms with Gasteiger partial charge in [-0.2, -0.15) is 5.26 Å². The van der Waals surface area contributed by atoms with Crippen molar-refractivity contribution in [3.8, 4) is 11.8 Å². The number of aliphatic hydroxyl groups excluding tert-OH is 1. The van der Waals surface area contributed by atoms with Gasteiger partial charge in [0.2, 0.25) is 0 Å². The Kier molecular flexibility index (Phi) is 3.43. The van der Waals surface area contributed by atoms with Crippen molar-refractivity contribution < 1.29 is 14.2 Å². The minimum atomic E-state index is -0.847. The molecule has 0 amide bonds. The maximum atomic E-state index is 13.2. The standard InChI is InChI=1S/C10H10FNO2/c1-7(13)9-3-2-8(6-10(9)11)14-5-4-12/h2-3,6-7,13H,5H2,1H3/t7-/m0/s1. The molecule has 1 atom stereocenters. The first-order valence-corrected chi connectivity index (χ1v) is 4.12. The van der Waals surface area contributed by atoms with Crippen LogP contribution in [0.4, 0.5) is 4.39 Å². The number of nitriles is 1. The van der Waals surface area contributed by atoms with Crippen LogP contribution in [0.25, 0.3) is 0 Å². The number of aliphatic hydroxyl groups is 1. The first-order chi connectivity index (χ1) is 6.65. The molecule has 0 fully saturated rings. The number of benzene rings is 1. The second-order valence-electron chi connectivity index (χ2n) is 2.81. The van der Waals surface area contributed by atoms with Gasteiger partial charge in [-0.1, -0.05) is 0 Å². The van der Waals surface area contributed by atoms with Crippen molar-refractivity contribution in [3.05, 3.63) is 29.6 Å². The van der Waals surface area contributed by atoms with Crippen LogP contribution >= 0.6 is 0 Å². The highest BCUT2D eigenvalue weighted by Crippen LogP contribution is 2.21. The first kappa shape index (κ1) is 10.5. The SMILES string of the molecule is C[C@H](O)c1ccc(OCC#N)cc1F. The molecule has 1 aromatic rings. The molecule has 74 valence electrons. The summed E-state index contributed by atoms with van der Waals surface area (Å²) in [5.41, 5.74) is 0.217. The van der Waals surface area contributed by atoms with Crippen molar-refractivity contribution >= 4 is 0 Å². The molecule has 4 heteroatoms. The molecular formula is C10H10FNO2. The molecule has 0 saturated heterocycles. The minimum Gasteiger partial charge on any atom is -0.479 e. The van der Waals surface area contributed by atoms with Crippen molar-refractivity contribution in [2.24, 2.45) is 0 Å². The van der Waals surface area contributed by atoms with Crippen molar-refractivity contribution in [1.82, 2.24) is 0 Å². The zero-order valence-corrected chi connectivity index (χ0v) is 7.70. The smallest absolute Gasteiger partial charge is 0.174 e. The summed E-state index contributed by atoms with van der Waals surface area (Å²) in [7, 11) is 0. The lowest BCUT2D eigenvalue weighted by Crippen LogP contribution is -1.98. The molecule has 3 nitrogen and oxygen atoms in total. The van der Waals surface area contributed by atoms with Crippen LogP contribution in [0.1, 0.15) is 18.6 Å². The van der Waals surface area contributed by atoms with Crippen molar-refractivity contribution in [2.75, 3.05) is 6.61 Å². The average Bonchev–Trinajstić information content (AvgIpc) is 2.14. The summed E-state index contributed by atoms with van der Waals surface area (Å²) >= 11 is 0. The van der Waals surface area contributed by atoms with E-state index < -0.39 is 11.9 Å².